The van der Waals surface area contributed by atoms with Crippen molar-refractivity contribution in [2.75, 3.05) is 37.0 Å². The molecule has 0 heterocycles. The third kappa shape index (κ3) is 6.77. The first kappa shape index (κ1) is 22.1. The van der Waals surface area contributed by atoms with Gasteiger partial charge in [-0.3, -0.25) is 9.59 Å². The van der Waals surface area contributed by atoms with E-state index in [1.54, 1.807) is 36.0 Å². The average molecular weight is 420 g/mol. The Kier molecular flexibility index (Phi) is 9.17. The Morgan fingerprint density at radius 3 is 2.46 bits per heavy atom. The van der Waals surface area contributed by atoms with Crippen LogP contribution >= 0.6 is 23.4 Å². The molecule has 0 fully saturated rings. The molecule has 2 aromatic carbocycles. The second-order valence-corrected chi connectivity index (χ2v) is 7.73. The molecule has 0 spiro atoms. The van der Waals surface area contributed by atoms with E-state index in [0.717, 1.165) is 11.4 Å². The Hall–Kier alpha value is -2.18. The number of nitrogens with zero attached hydrogens (tertiary/aromatic N) is 1. The van der Waals surface area contributed by atoms with Gasteiger partial charge in [-0.15, -0.1) is 0 Å². The highest BCUT2D eigenvalue weighted by atomic mass is 35.5. The highest BCUT2D eigenvalue weighted by molar-refractivity contribution is 7.98. The van der Waals surface area contributed by atoms with Gasteiger partial charge in [0, 0.05) is 25.8 Å². The number of likely N-dealkylation sites (N-methyl/N-ethyl adjacent to an activating group) is 1. The lowest BCUT2D eigenvalue weighted by Crippen LogP contribution is -2.48. The highest BCUT2D eigenvalue weighted by Gasteiger charge is 2.22. The van der Waals surface area contributed by atoms with Gasteiger partial charge in [-0.05, 0) is 42.7 Å². The van der Waals surface area contributed by atoms with Crippen molar-refractivity contribution >= 4 is 40.9 Å². The van der Waals surface area contributed by atoms with Gasteiger partial charge in [0.25, 0.3) is 5.91 Å². The van der Waals surface area contributed by atoms with Crippen molar-refractivity contribution in [1.82, 2.24) is 10.6 Å². The molecule has 0 radical (unpaired) electrons. The minimum absolute atomic E-state index is 0.184. The summed E-state index contributed by atoms with van der Waals surface area (Å²) in [6, 6.07) is 16.2. The van der Waals surface area contributed by atoms with Crippen molar-refractivity contribution in [3.05, 3.63) is 65.2 Å². The van der Waals surface area contributed by atoms with Crippen LogP contribution < -0.4 is 15.5 Å². The number of benzene rings is 2. The van der Waals surface area contributed by atoms with Crippen molar-refractivity contribution in [3.8, 4) is 0 Å². The van der Waals surface area contributed by atoms with Crippen LogP contribution in [0.1, 0.15) is 16.8 Å². The number of halogens is 1. The fraction of sp³-hybridized carbons (Fsp3) is 0.333. The van der Waals surface area contributed by atoms with Crippen LogP contribution in [0.15, 0.2) is 54.6 Å². The topological polar surface area (TPSA) is 61.4 Å². The molecule has 0 saturated heterocycles. The zero-order valence-corrected chi connectivity index (χ0v) is 17.7. The molecule has 0 aliphatic heterocycles. The van der Waals surface area contributed by atoms with Crippen LogP contribution in [0.5, 0.6) is 0 Å². The lowest BCUT2D eigenvalue weighted by atomic mass is 10.1. The lowest BCUT2D eigenvalue weighted by molar-refractivity contribution is -0.122. The number of nitrogens with one attached hydrogen (secondary N) is 2. The largest absolute Gasteiger partial charge is 0.373 e. The number of hydrogen-bond acceptors (Lipinski definition) is 4. The summed E-state index contributed by atoms with van der Waals surface area (Å²) in [4.78, 5) is 27.2. The molecule has 2 aromatic rings. The van der Waals surface area contributed by atoms with Gasteiger partial charge >= 0.3 is 0 Å². The number of thioether (sulfide) groups is 1. The standard InChI is InChI=1S/C21H26ClN3O2S/c1-25(16-8-4-3-5-9-16)14-13-23-21(27)19(12-15-28-2)24-20(26)17-10-6-7-11-18(17)22/h3-11,19H,12-15H2,1-2H3,(H,23,27)(H,24,26). The maximum Gasteiger partial charge on any atom is 0.253 e. The first-order valence-electron chi connectivity index (χ1n) is 9.11. The summed E-state index contributed by atoms with van der Waals surface area (Å²) in [5.41, 5.74) is 1.46. The molecular formula is C21H26ClN3O2S. The fourth-order valence-electron chi connectivity index (χ4n) is 2.67. The molecule has 2 amide bonds. The van der Waals surface area contributed by atoms with Crippen molar-refractivity contribution < 1.29 is 9.59 Å². The molecule has 28 heavy (non-hydrogen) atoms. The molecule has 1 unspecified atom stereocenters. The molecule has 0 bridgehead atoms. The van der Waals surface area contributed by atoms with Gasteiger partial charge in [-0.25, -0.2) is 0 Å². The van der Waals surface area contributed by atoms with E-state index in [0.29, 0.717) is 30.1 Å². The summed E-state index contributed by atoms with van der Waals surface area (Å²) in [5, 5.41) is 6.11. The van der Waals surface area contributed by atoms with Gasteiger partial charge in [-0.2, -0.15) is 11.8 Å². The molecule has 5 nitrogen and oxygen atoms in total. The Morgan fingerprint density at radius 2 is 1.79 bits per heavy atom. The van der Waals surface area contributed by atoms with E-state index in [4.69, 9.17) is 11.6 Å². The maximum atomic E-state index is 12.6. The molecule has 0 aromatic heterocycles. The third-order valence-electron chi connectivity index (χ3n) is 4.29. The Bertz CT molecular complexity index is 773. The SMILES string of the molecule is CSCCC(NC(=O)c1ccccc1Cl)C(=O)NCCN(C)c1ccccc1. The summed E-state index contributed by atoms with van der Waals surface area (Å²) >= 11 is 7.73. The predicted molar refractivity (Wildman–Crippen MR) is 118 cm³/mol. The zero-order valence-electron chi connectivity index (χ0n) is 16.2. The summed E-state index contributed by atoms with van der Waals surface area (Å²) in [7, 11) is 1.98. The summed E-state index contributed by atoms with van der Waals surface area (Å²) in [6.45, 7) is 1.16. The number of carbonyl (C=O) groups excluding carboxylic acids is 2. The number of hydrogen-bond donors (Lipinski definition) is 2. The van der Waals surface area contributed by atoms with E-state index < -0.39 is 6.04 Å². The normalized spacial score (nSPS) is 11.5. The Morgan fingerprint density at radius 1 is 1.11 bits per heavy atom. The van der Waals surface area contributed by atoms with E-state index >= 15 is 0 Å². The van der Waals surface area contributed by atoms with Crippen molar-refractivity contribution in [2.45, 2.75) is 12.5 Å². The first-order valence-corrected chi connectivity index (χ1v) is 10.9. The van der Waals surface area contributed by atoms with Crippen molar-refractivity contribution in [2.24, 2.45) is 0 Å². The second-order valence-electron chi connectivity index (χ2n) is 6.34. The van der Waals surface area contributed by atoms with E-state index in [1.807, 2.05) is 43.6 Å². The lowest BCUT2D eigenvalue weighted by Gasteiger charge is -2.22. The van der Waals surface area contributed by atoms with E-state index in [-0.39, 0.29) is 11.8 Å². The zero-order chi connectivity index (χ0) is 20.4. The first-order chi connectivity index (χ1) is 13.5. The van der Waals surface area contributed by atoms with Gasteiger partial charge in [0.05, 0.1) is 10.6 Å². The van der Waals surface area contributed by atoms with Crippen LogP contribution in [-0.4, -0.2) is 50.0 Å². The number of carbonyl (C=O) groups is 2. The molecule has 2 N–H and O–H groups in total. The molecule has 0 aliphatic rings. The van der Waals surface area contributed by atoms with Crippen molar-refractivity contribution in [1.29, 1.82) is 0 Å². The van der Waals surface area contributed by atoms with Crippen LogP contribution in [0.4, 0.5) is 5.69 Å². The van der Waals surface area contributed by atoms with Crippen LogP contribution in [0.3, 0.4) is 0 Å². The molecule has 0 saturated carbocycles. The summed E-state index contributed by atoms with van der Waals surface area (Å²) in [6.07, 6.45) is 2.53. The minimum atomic E-state index is -0.599. The Balaban J connectivity index is 1.91. The van der Waals surface area contributed by atoms with Crippen LogP contribution in [0.2, 0.25) is 5.02 Å². The molecule has 150 valence electrons. The van der Waals surface area contributed by atoms with Gasteiger partial charge in [0.1, 0.15) is 6.04 Å². The van der Waals surface area contributed by atoms with Gasteiger partial charge in [-0.1, -0.05) is 41.9 Å². The van der Waals surface area contributed by atoms with Crippen LogP contribution in [0, 0.1) is 0 Å². The third-order valence-corrected chi connectivity index (χ3v) is 5.27. The molecular weight excluding hydrogens is 394 g/mol. The quantitative estimate of drug-likeness (QED) is 0.619. The van der Waals surface area contributed by atoms with E-state index in [9.17, 15) is 9.59 Å². The van der Waals surface area contributed by atoms with Gasteiger partial charge < -0.3 is 15.5 Å². The summed E-state index contributed by atoms with van der Waals surface area (Å²) in [5.74, 6) is 0.245. The number of rotatable bonds is 10. The van der Waals surface area contributed by atoms with Gasteiger partial charge in [0.2, 0.25) is 5.91 Å². The fourth-order valence-corrected chi connectivity index (χ4v) is 3.36. The monoisotopic (exact) mass is 419 g/mol. The molecule has 2 rings (SSSR count). The molecule has 1 atom stereocenters. The van der Waals surface area contributed by atoms with Crippen LogP contribution in [-0.2, 0) is 4.79 Å². The van der Waals surface area contributed by atoms with Crippen molar-refractivity contribution in [3.63, 3.8) is 0 Å². The molecule has 7 heteroatoms. The minimum Gasteiger partial charge on any atom is -0.373 e. The Labute approximate surface area is 175 Å². The van der Waals surface area contributed by atoms with E-state index in [2.05, 4.69) is 15.5 Å². The smallest absolute Gasteiger partial charge is 0.253 e. The highest BCUT2D eigenvalue weighted by Crippen LogP contribution is 2.15. The average Bonchev–Trinajstić information content (AvgIpc) is 2.71. The molecule has 0 aliphatic carbocycles. The predicted octanol–water partition coefficient (Wildman–Crippen LogP) is 3.44. The number of amides is 2. The summed E-state index contributed by atoms with van der Waals surface area (Å²) < 4.78 is 0. The van der Waals surface area contributed by atoms with Crippen LogP contribution in [0.25, 0.3) is 0 Å². The second kappa shape index (κ2) is 11.6. The number of para-hydroxylation sites is 1. The van der Waals surface area contributed by atoms with E-state index in [1.165, 1.54) is 0 Å². The maximum absolute atomic E-state index is 12.6. The number of anilines is 1. The van der Waals surface area contributed by atoms with Gasteiger partial charge in [0.15, 0.2) is 0 Å².